The standard InChI is InChI=1S/C47H81O16P/c1-3-5-7-8-9-10-11-12-13-14-15-16-17-18-23-27-40(51)60-32-35-33-61-64(58,59)63-47-45(56)43(54)37(30-29-34(48)25-21-6-4-2)39(50)31-38(49)36(42(53)44(55)46(47)57)26-22-19-20-24-28-41(52)62-35/h9-10,12-13,29-30,34-38,42-49,53-57H,3-8,11,14-28,31-33H2,1-2H3,(H,58,59)/b10-9-,13-12-,30-29+/t34-,35+,36-,37-,38-,42+,43+,44-,45+,46+,47+/m0/s1. The van der Waals surface area contributed by atoms with Crippen molar-refractivity contribution in [1.82, 2.24) is 0 Å². The summed E-state index contributed by atoms with van der Waals surface area (Å²) in [6.45, 7) is 2.78. The lowest BCUT2D eigenvalue weighted by atomic mass is 9.82. The Hall–Kier alpha value is -2.34. The van der Waals surface area contributed by atoms with Crippen LogP contribution in [0.5, 0.6) is 0 Å². The van der Waals surface area contributed by atoms with Gasteiger partial charge in [-0.2, -0.15) is 0 Å². The predicted molar refractivity (Wildman–Crippen MR) is 240 cm³/mol. The first-order valence-electron chi connectivity index (χ1n) is 23.9. The number of hydrogen-bond donors (Lipinski definition) is 8. The second-order valence-electron chi connectivity index (χ2n) is 17.4. The Morgan fingerprint density at radius 2 is 1.41 bits per heavy atom. The number of carbonyl (C=O) groups excluding carboxylic acids is 3. The van der Waals surface area contributed by atoms with Crippen molar-refractivity contribution in [3.05, 3.63) is 36.5 Å². The van der Waals surface area contributed by atoms with Crippen molar-refractivity contribution in [3.8, 4) is 0 Å². The summed E-state index contributed by atoms with van der Waals surface area (Å²) < 4.78 is 34.6. The molecule has 8 N–H and O–H groups in total. The quantitative estimate of drug-likeness (QED) is 0.0269. The van der Waals surface area contributed by atoms with Crippen LogP contribution in [0.15, 0.2) is 36.5 Å². The number of phosphoric acid groups is 1. The molecule has 0 amide bonds. The summed E-state index contributed by atoms with van der Waals surface area (Å²) in [5.41, 5.74) is 0. The van der Waals surface area contributed by atoms with Crippen molar-refractivity contribution in [2.24, 2.45) is 11.8 Å². The van der Waals surface area contributed by atoms with Gasteiger partial charge in [0.25, 0.3) is 0 Å². The van der Waals surface area contributed by atoms with Crippen LogP contribution < -0.4 is 0 Å². The summed E-state index contributed by atoms with van der Waals surface area (Å²) in [6.07, 6.45) is 8.52. The number of esters is 2. The number of phosphoric ester groups is 1. The zero-order chi connectivity index (χ0) is 47.3. The third-order valence-electron chi connectivity index (χ3n) is 11.9. The number of allylic oxidation sites excluding steroid dienone is 4. The molecule has 2 rings (SSSR count). The molecule has 1 saturated heterocycles. The fraction of sp³-hybridized carbons (Fsp3) is 0.809. The number of carbonyl (C=O) groups is 3. The van der Waals surface area contributed by atoms with Crippen molar-refractivity contribution in [2.45, 2.75) is 216 Å². The topological polar surface area (TPSA) is 267 Å². The molecule has 370 valence electrons. The Labute approximate surface area is 380 Å². The average Bonchev–Trinajstić information content (AvgIpc) is 3.26. The van der Waals surface area contributed by atoms with Gasteiger partial charge < -0.3 is 50.1 Å². The van der Waals surface area contributed by atoms with Crippen molar-refractivity contribution >= 4 is 25.5 Å². The van der Waals surface area contributed by atoms with E-state index in [9.17, 15) is 59.6 Å². The zero-order valence-electron chi connectivity index (χ0n) is 38.3. The Kier molecular flexibility index (Phi) is 30.0. The van der Waals surface area contributed by atoms with E-state index in [0.717, 1.165) is 63.9 Å². The molecule has 1 aliphatic heterocycles. The number of unbranched alkanes of at least 4 members (excludes halogenated alkanes) is 10. The Morgan fingerprint density at radius 3 is 2.11 bits per heavy atom. The highest BCUT2D eigenvalue weighted by atomic mass is 31.2. The highest BCUT2D eigenvalue weighted by Gasteiger charge is 2.49. The maximum Gasteiger partial charge on any atom is 0.472 e. The van der Waals surface area contributed by atoms with E-state index in [2.05, 4.69) is 31.2 Å². The summed E-state index contributed by atoms with van der Waals surface area (Å²) >= 11 is 0. The van der Waals surface area contributed by atoms with E-state index >= 15 is 0 Å². The fourth-order valence-corrected chi connectivity index (χ4v) is 8.86. The first-order chi connectivity index (χ1) is 30.6. The Balaban J connectivity index is 2.15. The number of Topliss-reactive ketones (excluding diaryl/α,β-unsaturated/α-hetero) is 1. The monoisotopic (exact) mass is 933 g/mol. The van der Waals surface area contributed by atoms with Gasteiger partial charge in [-0.1, -0.05) is 121 Å². The van der Waals surface area contributed by atoms with E-state index in [0.29, 0.717) is 44.9 Å². The zero-order valence-corrected chi connectivity index (χ0v) is 39.2. The minimum atomic E-state index is -5.45. The number of cyclic esters (lactones) is 1. The van der Waals surface area contributed by atoms with Gasteiger partial charge in [-0.25, -0.2) is 4.57 Å². The van der Waals surface area contributed by atoms with Crippen LogP contribution in [0.4, 0.5) is 0 Å². The van der Waals surface area contributed by atoms with Crippen molar-refractivity contribution in [2.75, 3.05) is 13.2 Å². The minimum absolute atomic E-state index is 0.0291. The number of aliphatic hydroxyl groups is 7. The van der Waals surface area contributed by atoms with Crippen LogP contribution >= 0.6 is 7.82 Å². The van der Waals surface area contributed by atoms with Crippen LogP contribution in [-0.4, -0.2) is 127 Å². The molecule has 12 atom stereocenters. The fourth-order valence-electron chi connectivity index (χ4n) is 7.89. The van der Waals surface area contributed by atoms with E-state index < -0.39 is 112 Å². The molecule has 0 aromatic heterocycles. The van der Waals surface area contributed by atoms with Crippen LogP contribution in [0.25, 0.3) is 0 Å². The van der Waals surface area contributed by atoms with Gasteiger partial charge in [0.15, 0.2) is 6.10 Å². The second-order valence-corrected chi connectivity index (χ2v) is 18.8. The summed E-state index contributed by atoms with van der Waals surface area (Å²) in [4.78, 5) is 50.1. The molecular weight excluding hydrogens is 851 g/mol. The largest absolute Gasteiger partial charge is 0.472 e. The molecular formula is C47H81O16P. The third-order valence-corrected chi connectivity index (χ3v) is 12.8. The van der Waals surface area contributed by atoms with E-state index in [-0.39, 0.29) is 19.3 Å². The van der Waals surface area contributed by atoms with Gasteiger partial charge in [-0.15, -0.1) is 0 Å². The van der Waals surface area contributed by atoms with Crippen LogP contribution in [0.2, 0.25) is 0 Å². The molecule has 2 fully saturated rings. The molecule has 64 heavy (non-hydrogen) atoms. The van der Waals surface area contributed by atoms with E-state index in [1.165, 1.54) is 25.3 Å². The van der Waals surface area contributed by atoms with E-state index in [1.807, 2.05) is 6.92 Å². The van der Waals surface area contributed by atoms with Crippen LogP contribution in [0.3, 0.4) is 0 Å². The van der Waals surface area contributed by atoms with Crippen LogP contribution in [0.1, 0.15) is 162 Å². The lowest BCUT2D eigenvalue weighted by molar-refractivity contribution is -0.167. The van der Waals surface area contributed by atoms with Crippen LogP contribution in [0, 0.1) is 11.8 Å². The normalized spacial score (nSPS) is 31.5. The molecule has 0 radical (unpaired) electrons. The van der Waals surface area contributed by atoms with Crippen molar-refractivity contribution in [1.29, 1.82) is 0 Å². The number of hydrogen-bond acceptors (Lipinski definition) is 15. The van der Waals surface area contributed by atoms with Gasteiger partial charge in [-0.05, 0) is 57.8 Å². The molecule has 2 bridgehead atoms. The molecule has 1 aliphatic carbocycles. The number of fused-ring (bicyclic) bond motifs is 4. The third kappa shape index (κ3) is 23.4. The maximum absolute atomic E-state index is 13.7. The number of ether oxygens (including phenoxy) is 2. The Bertz CT molecular complexity index is 1440. The highest BCUT2D eigenvalue weighted by Crippen LogP contribution is 2.47. The summed E-state index contributed by atoms with van der Waals surface area (Å²) in [7, 11) is -5.45. The second kappa shape index (κ2) is 33.2. The van der Waals surface area contributed by atoms with Gasteiger partial charge in [0.05, 0.1) is 36.9 Å². The molecule has 16 nitrogen and oxygen atoms in total. The first kappa shape index (κ1) is 57.8. The minimum Gasteiger partial charge on any atom is -0.462 e. The van der Waals surface area contributed by atoms with Crippen molar-refractivity contribution in [3.63, 3.8) is 0 Å². The maximum atomic E-state index is 13.7. The number of ketones is 1. The molecule has 2 aliphatic rings. The summed E-state index contributed by atoms with van der Waals surface area (Å²) in [5, 5.41) is 78.4. The highest BCUT2D eigenvalue weighted by molar-refractivity contribution is 7.47. The Morgan fingerprint density at radius 1 is 0.781 bits per heavy atom. The van der Waals surface area contributed by atoms with Crippen molar-refractivity contribution < 1.29 is 78.1 Å². The lowest BCUT2D eigenvalue weighted by Gasteiger charge is -2.37. The van der Waals surface area contributed by atoms with Gasteiger partial charge in [-0.3, -0.25) is 23.4 Å². The van der Waals surface area contributed by atoms with Gasteiger partial charge >= 0.3 is 19.8 Å². The molecule has 0 aromatic rings. The molecule has 0 aromatic carbocycles. The average molecular weight is 933 g/mol. The molecule has 1 saturated carbocycles. The van der Waals surface area contributed by atoms with Gasteiger partial charge in [0.2, 0.25) is 0 Å². The molecule has 17 heteroatoms. The molecule has 0 spiro atoms. The SMILES string of the molecule is CCCCC/C=C\C/C=C\CCCCCCCC(=O)OC[C@@H]1COP(=O)(O)O[C@H]2[C@H](O)[C@@H](O)[C@H](O)[C@@H](CCCCCCC(=O)O1)[C@@H](O)CC(=O)[C@H](/C=C/[C@@H](O)CCCCC)[C@@H](O)[C@H]2O. The number of rotatable bonds is 22. The van der Waals surface area contributed by atoms with E-state index in [1.54, 1.807) is 0 Å². The smallest absolute Gasteiger partial charge is 0.462 e. The predicted octanol–water partition coefficient (Wildman–Crippen LogP) is 5.98. The first-order valence-corrected chi connectivity index (χ1v) is 25.4. The number of aliphatic hydroxyl groups excluding tert-OH is 7. The molecule has 1 unspecified atom stereocenters. The van der Waals surface area contributed by atoms with Gasteiger partial charge in [0.1, 0.15) is 36.8 Å². The summed E-state index contributed by atoms with van der Waals surface area (Å²) in [6, 6.07) is 0. The van der Waals surface area contributed by atoms with Crippen LogP contribution in [-0.2, 0) is 37.5 Å². The van der Waals surface area contributed by atoms with Gasteiger partial charge in [0, 0.05) is 25.2 Å². The van der Waals surface area contributed by atoms with E-state index in [4.69, 9.17) is 18.5 Å². The molecule has 1 heterocycles. The lowest BCUT2D eigenvalue weighted by Crippen LogP contribution is -2.55. The summed E-state index contributed by atoms with van der Waals surface area (Å²) in [5.74, 6) is -4.98.